The number of anilines is 2. The van der Waals surface area contributed by atoms with Crippen LogP contribution in [-0.2, 0) is 0 Å². The molecule has 0 fully saturated rings. The monoisotopic (exact) mass is 295 g/mol. The number of hydrogen-bond acceptors (Lipinski definition) is 4. The molecule has 0 saturated carbocycles. The second kappa shape index (κ2) is 5.33. The van der Waals surface area contributed by atoms with Gasteiger partial charge in [-0.1, -0.05) is 24.3 Å². The summed E-state index contributed by atoms with van der Waals surface area (Å²) < 4.78 is 1.55. The summed E-state index contributed by atoms with van der Waals surface area (Å²) in [6, 6.07) is 13.7. The highest BCUT2D eigenvalue weighted by atomic mass is 16.6. The molecule has 2 aromatic carbocycles. The van der Waals surface area contributed by atoms with Crippen LogP contribution in [0.15, 0.2) is 54.7 Å². The van der Waals surface area contributed by atoms with E-state index in [2.05, 4.69) is 5.32 Å². The highest BCUT2D eigenvalue weighted by Crippen LogP contribution is 2.29. The molecule has 1 N–H and O–H groups in total. The Morgan fingerprint density at radius 1 is 1.18 bits per heavy atom. The van der Waals surface area contributed by atoms with Gasteiger partial charge in [0.25, 0.3) is 5.69 Å². The zero-order chi connectivity index (χ0) is 15.7. The van der Waals surface area contributed by atoms with Gasteiger partial charge in [-0.25, -0.2) is 0 Å². The standard InChI is InChI=1S/C16H13N3O3/c1-11(20)18-10-15(14-7-2-3-8-16(14)18)17-12-5-4-6-13(9-12)19(21)22/h2-10,17H,1H3. The van der Waals surface area contributed by atoms with Crippen LogP contribution in [0.25, 0.3) is 10.9 Å². The van der Waals surface area contributed by atoms with Gasteiger partial charge in [0.2, 0.25) is 5.91 Å². The quantitative estimate of drug-likeness (QED) is 0.586. The Balaban J connectivity index is 2.06. The number of carbonyl (C=O) groups excluding carboxylic acids is 1. The van der Waals surface area contributed by atoms with E-state index in [1.54, 1.807) is 22.9 Å². The Morgan fingerprint density at radius 2 is 1.95 bits per heavy atom. The number of hydrogen-bond donors (Lipinski definition) is 1. The molecule has 6 heteroatoms. The van der Waals surface area contributed by atoms with Crippen molar-refractivity contribution in [3.05, 3.63) is 64.8 Å². The number of non-ortho nitro benzene ring substituents is 1. The third-order valence-corrected chi connectivity index (χ3v) is 3.39. The second-order valence-electron chi connectivity index (χ2n) is 4.88. The molecule has 0 radical (unpaired) electrons. The van der Waals surface area contributed by atoms with E-state index < -0.39 is 4.92 Å². The lowest BCUT2D eigenvalue weighted by molar-refractivity contribution is -0.384. The summed E-state index contributed by atoms with van der Waals surface area (Å²) in [6.07, 6.45) is 1.70. The van der Waals surface area contributed by atoms with Crippen LogP contribution >= 0.6 is 0 Å². The first-order valence-corrected chi connectivity index (χ1v) is 6.69. The molecule has 6 nitrogen and oxygen atoms in total. The van der Waals surface area contributed by atoms with Crippen molar-refractivity contribution in [2.24, 2.45) is 0 Å². The van der Waals surface area contributed by atoms with Crippen molar-refractivity contribution < 1.29 is 9.72 Å². The van der Waals surface area contributed by atoms with Crippen molar-refractivity contribution in [3.8, 4) is 0 Å². The zero-order valence-electron chi connectivity index (χ0n) is 11.8. The van der Waals surface area contributed by atoms with Crippen LogP contribution in [0.4, 0.5) is 17.1 Å². The first kappa shape index (κ1) is 13.8. The molecule has 22 heavy (non-hydrogen) atoms. The number of nitro groups is 1. The van der Waals surface area contributed by atoms with Gasteiger partial charge in [0.05, 0.1) is 16.1 Å². The van der Waals surface area contributed by atoms with Gasteiger partial charge in [-0.3, -0.25) is 19.5 Å². The zero-order valence-corrected chi connectivity index (χ0v) is 11.8. The van der Waals surface area contributed by atoms with Gasteiger partial charge >= 0.3 is 0 Å². The van der Waals surface area contributed by atoms with E-state index in [4.69, 9.17) is 0 Å². The van der Waals surface area contributed by atoms with Gasteiger partial charge in [0.1, 0.15) is 0 Å². The molecule has 0 amide bonds. The summed E-state index contributed by atoms with van der Waals surface area (Å²) in [5.41, 5.74) is 2.13. The fourth-order valence-electron chi connectivity index (χ4n) is 2.39. The minimum absolute atomic E-state index is 0.0142. The summed E-state index contributed by atoms with van der Waals surface area (Å²) in [5.74, 6) is -0.0942. The van der Waals surface area contributed by atoms with E-state index in [1.807, 2.05) is 24.3 Å². The van der Waals surface area contributed by atoms with E-state index in [0.717, 1.165) is 16.6 Å². The number of carbonyl (C=O) groups is 1. The molecule has 0 saturated heterocycles. The largest absolute Gasteiger partial charge is 0.354 e. The minimum Gasteiger partial charge on any atom is -0.354 e. The van der Waals surface area contributed by atoms with E-state index >= 15 is 0 Å². The SMILES string of the molecule is CC(=O)n1cc(Nc2cccc([N+](=O)[O-])c2)c2ccccc21. The number of para-hydroxylation sites is 1. The van der Waals surface area contributed by atoms with Crippen LogP contribution < -0.4 is 5.32 Å². The topological polar surface area (TPSA) is 77.2 Å². The van der Waals surface area contributed by atoms with Crippen molar-refractivity contribution in [1.29, 1.82) is 0 Å². The number of nitrogens with one attached hydrogen (secondary N) is 1. The Bertz CT molecular complexity index is 883. The van der Waals surface area contributed by atoms with Gasteiger partial charge in [-0.2, -0.15) is 0 Å². The maximum Gasteiger partial charge on any atom is 0.271 e. The first-order chi connectivity index (χ1) is 10.6. The Kier molecular flexibility index (Phi) is 3.34. The molecular formula is C16H13N3O3. The lowest BCUT2D eigenvalue weighted by atomic mass is 10.2. The predicted molar refractivity (Wildman–Crippen MR) is 84.6 cm³/mol. The summed E-state index contributed by atoms with van der Waals surface area (Å²) >= 11 is 0. The van der Waals surface area contributed by atoms with Crippen LogP contribution in [0.1, 0.15) is 11.7 Å². The van der Waals surface area contributed by atoms with E-state index in [9.17, 15) is 14.9 Å². The van der Waals surface area contributed by atoms with Crippen molar-refractivity contribution in [2.45, 2.75) is 6.92 Å². The fraction of sp³-hybridized carbons (Fsp3) is 0.0625. The predicted octanol–water partition coefficient (Wildman–Crippen LogP) is 3.95. The highest BCUT2D eigenvalue weighted by Gasteiger charge is 2.12. The summed E-state index contributed by atoms with van der Waals surface area (Å²) in [6.45, 7) is 1.49. The Labute approximate surface area is 126 Å². The average Bonchev–Trinajstić information content (AvgIpc) is 2.87. The van der Waals surface area contributed by atoms with E-state index in [0.29, 0.717) is 5.69 Å². The molecule has 0 bridgehead atoms. The second-order valence-corrected chi connectivity index (χ2v) is 4.88. The van der Waals surface area contributed by atoms with Crippen LogP contribution in [0.5, 0.6) is 0 Å². The molecule has 0 aliphatic rings. The molecular weight excluding hydrogens is 282 g/mol. The number of benzene rings is 2. The lowest BCUT2D eigenvalue weighted by Crippen LogP contribution is -2.02. The van der Waals surface area contributed by atoms with Crippen LogP contribution in [0.2, 0.25) is 0 Å². The number of rotatable bonds is 3. The van der Waals surface area contributed by atoms with Crippen LogP contribution in [0.3, 0.4) is 0 Å². The molecule has 1 aromatic heterocycles. The molecule has 3 rings (SSSR count). The van der Waals surface area contributed by atoms with Gasteiger partial charge < -0.3 is 5.32 Å². The third kappa shape index (κ3) is 2.42. The summed E-state index contributed by atoms with van der Waals surface area (Å²) in [7, 11) is 0. The van der Waals surface area contributed by atoms with Gasteiger partial charge in [0.15, 0.2) is 0 Å². The molecule has 0 atom stereocenters. The van der Waals surface area contributed by atoms with Gasteiger partial charge in [0, 0.05) is 36.3 Å². The van der Waals surface area contributed by atoms with Crippen molar-refractivity contribution in [1.82, 2.24) is 4.57 Å². The highest BCUT2D eigenvalue weighted by molar-refractivity contribution is 6.00. The summed E-state index contributed by atoms with van der Waals surface area (Å²) in [5, 5.41) is 14.9. The number of nitro benzene ring substituents is 1. The Morgan fingerprint density at radius 3 is 2.68 bits per heavy atom. The number of fused-ring (bicyclic) bond motifs is 1. The van der Waals surface area contributed by atoms with E-state index in [1.165, 1.54) is 19.1 Å². The minimum atomic E-state index is -0.440. The molecule has 0 spiro atoms. The van der Waals surface area contributed by atoms with Crippen molar-refractivity contribution >= 4 is 33.9 Å². The lowest BCUT2D eigenvalue weighted by Gasteiger charge is -2.04. The number of aromatic nitrogens is 1. The Hall–Kier alpha value is -3.15. The van der Waals surface area contributed by atoms with Crippen LogP contribution in [-0.4, -0.2) is 15.4 Å². The molecule has 0 unspecified atom stereocenters. The molecule has 0 aliphatic heterocycles. The fourth-order valence-corrected chi connectivity index (χ4v) is 2.39. The van der Waals surface area contributed by atoms with Crippen LogP contribution in [0, 0.1) is 10.1 Å². The molecule has 0 aliphatic carbocycles. The maximum atomic E-state index is 11.7. The molecule has 1 heterocycles. The summed E-state index contributed by atoms with van der Waals surface area (Å²) in [4.78, 5) is 22.1. The van der Waals surface area contributed by atoms with Gasteiger partial charge in [-0.05, 0) is 12.1 Å². The smallest absolute Gasteiger partial charge is 0.271 e. The normalized spacial score (nSPS) is 10.6. The average molecular weight is 295 g/mol. The third-order valence-electron chi connectivity index (χ3n) is 3.39. The molecule has 3 aromatic rings. The molecule has 110 valence electrons. The number of nitrogens with zero attached hydrogens (tertiary/aromatic N) is 2. The van der Waals surface area contributed by atoms with Crippen molar-refractivity contribution in [2.75, 3.05) is 5.32 Å². The first-order valence-electron chi connectivity index (χ1n) is 6.69. The maximum absolute atomic E-state index is 11.7. The van der Waals surface area contributed by atoms with Crippen molar-refractivity contribution in [3.63, 3.8) is 0 Å². The van der Waals surface area contributed by atoms with Gasteiger partial charge in [-0.15, -0.1) is 0 Å². The van der Waals surface area contributed by atoms with E-state index in [-0.39, 0.29) is 11.6 Å².